The maximum Gasteiger partial charge on any atom is 0.310 e. The molecule has 0 saturated carbocycles. The van der Waals surface area contributed by atoms with E-state index in [0.29, 0.717) is 55.5 Å². The van der Waals surface area contributed by atoms with Gasteiger partial charge in [0, 0.05) is 42.6 Å². The third-order valence-corrected chi connectivity index (χ3v) is 8.61. The number of nitrogens with zero attached hydrogens (tertiary/aromatic N) is 2. The van der Waals surface area contributed by atoms with Crippen molar-refractivity contribution in [2.75, 3.05) is 36.9 Å². The average Bonchev–Trinajstić information content (AvgIpc) is 3.19. The van der Waals surface area contributed by atoms with Crippen LogP contribution in [0, 0.1) is 5.92 Å². The molecule has 2 aliphatic heterocycles. The molecule has 10 heteroatoms. The summed E-state index contributed by atoms with van der Waals surface area (Å²) in [5.41, 5.74) is 1.55. The fraction of sp³-hybridized carbons (Fsp3) is 0.591. The third kappa shape index (κ3) is 5.33. The Hall–Kier alpha value is -1.94. The Morgan fingerprint density at radius 3 is 2.59 bits per heavy atom. The number of hydrogen-bond donors (Lipinski definition) is 0. The molecule has 0 N–H and O–H groups in total. The molecule has 3 rings (SSSR count). The fourth-order valence-corrected chi connectivity index (χ4v) is 6.66. The van der Waals surface area contributed by atoms with E-state index in [0.717, 1.165) is 5.56 Å². The maximum atomic E-state index is 13.1. The number of rotatable bonds is 7. The summed E-state index contributed by atoms with van der Waals surface area (Å²) in [4.78, 5) is 40.2. The topological polar surface area (TPSA) is 101 Å². The quantitative estimate of drug-likeness (QED) is 0.504. The molecule has 0 aromatic heterocycles. The molecule has 1 aromatic rings. The summed E-state index contributed by atoms with van der Waals surface area (Å²) in [6, 6.07) is 3.29. The van der Waals surface area contributed by atoms with Crippen molar-refractivity contribution in [3.05, 3.63) is 22.2 Å². The van der Waals surface area contributed by atoms with Crippen LogP contribution in [0.2, 0.25) is 0 Å². The molecule has 2 aliphatic rings. The minimum Gasteiger partial charge on any atom is -0.466 e. The van der Waals surface area contributed by atoms with Gasteiger partial charge < -0.3 is 14.5 Å². The zero-order chi connectivity index (χ0) is 23.5. The molecule has 2 heterocycles. The minimum absolute atomic E-state index is 0.0501. The summed E-state index contributed by atoms with van der Waals surface area (Å²) >= 11 is 3.35. The van der Waals surface area contributed by atoms with E-state index in [4.69, 9.17) is 4.74 Å². The molecule has 8 nitrogen and oxygen atoms in total. The van der Waals surface area contributed by atoms with Gasteiger partial charge in [-0.2, -0.15) is 0 Å². The number of ether oxygens (including phenoxy) is 1. The fourth-order valence-electron chi connectivity index (χ4n) is 4.22. The maximum absolute atomic E-state index is 13.1. The predicted octanol–water partition coefficient (Wildman–Crippen LogP) is 2.71. The van der Waals surface area contributed by atoms with Gasteiger partial charge in [0.1, 0.15) is 0 Å². The molecule has 0 spiro atoms. The van der Waals surface area contributed by atoms with E-state index in [1.165, 1.54) is 6.07 Å². The van der Waals surface area contributed by atoms with Crippen LogP contribution in [0.5, 0.6) is 0 Å². The highest BCUT2D eigenvalue weighted by Crippen LogP contribution is 2.36. The second-order valence-electron chi connectivity index (χ2n) is 8.06. The smallest absolute Gasteiger partial charge is 0.310 e. The summed E-state index contributed by atoms with van der Waals surface area (Å²) in [6.45, 7) is 5.10. The molecule has 2 amide bonds. The van der Waals surface area contributed by atoms with Crippen molar-refractivity contribution in [1.82, 2.24) is 4.90 Å². The molecule has 0 aliphatic carbocycles. The zero-order valence-corrected chi connectivity index (χ0v) is 20.8. The number of halogens is 1. The van der Waals surface area contributed by atoms with Crippen LogP contribution < -0.4 is 4.90 Å². The van der Waals surface area contributed by atoms with Crippen LogP contribution in [-0.4, -0.2) is 63.1 Å². The van der Waals surface area contributed by atoms with Crippen molar-refractivity contribution in [2.24, 2.45) is 5.92 Å². The van der Waals surface area contributed by atoms with E-state index in [1.54, 1.807) is 29.7 Å². The second-order valence-corrected chi connectivity index (χ2v) is 11.0. The number of carbonyl (C=O) groups excluding carboxylic acids is 3. The first kappa shape index (κ1) is 24.7. The molecular formula is C22H29BrN2O6S. The second kappa shape index (κ2) is 10.3. The van der Waals surface area contributed by atoms with Gasteiger partial charge in [-0.15, -0.1) is 0 Å². The van der Waals surface area contributed by atoms with Crippen LogP contribution in [0.3, 0.4) is 0 Å². The Kier molecular flexibility index (Phi) is 7.97. The molecule has 0 unspecified atom stereocenters. The SMILES string of the molecule is CCOC(=O)[C@@H]1CCCN(C(=O)CCS(=O)(=O)c2cc3c(cc2Br)CCN3C(=O)CC)C1. The van der Waals surface area contributed by atoms with Gasteiger partial charge in [0.25, 0.3) is 0 Å². The van der Waals surface area contributed by atoms with Gasteiger partial charge >= 0.3 is 5.97 Å². The van der Waals surface area contributed by atoms with Crippen molar-refractivity contribution in [3.8, 4) is 0 Å². The molecule has 1 atom stereocenters. The summed E-state index contributed by atoms with van der Waals surface area (Å²) in [7, 11) is -3.76. The van der Waals surface area contributed by atoms with Gasteiger partial charge in [-0.05, 0) is 59.8 Å². The van der Waals surface area contributed by atoms with Crippen molar-refractivity contribution in [2.45, 2.75) is 50.8 Å². The molecular weight excluding hydrogens is 500 g/mol. The summed E-state index contributed by atoms with van der Waals surface area (Å²) < 4.78 is 31.6. The Morgan fingerprint density at radius 2 is 1.91 bits per heavy atom. The Balaban J connectivity index is 1.70. The number of fused-ring (bicyclic) bond motifs is 1. The normalized spacial score (nSPS) is 18.4. The standard InChI is InChI=1S/C22H29BrN2O6S/c1-3-20(26)25-10-7-15-12-17(23)19(13-18(15)25)32(29,30)11-8-21(27)24-9-5-6-16(14-24)22(28)31-4-2/h12-13,16H,3-11,14H2,1-2H3/t16-/m1/s1. The van der Waals surface area contributed by atoms with Crippen LogP contribution >= 0.6 is 15.9 Å². The predicted molar refractivity (Wildman–Crippen MR) is 123 cm³/mol. The van der Waals surface area contributed by atoms with Crippen LogP contribution in [0.1, 0.15) is 45.1 Å². The molecule has 1 aromatic carbocycles. The molecule has 32 heavy (non-hydrogen) atoms. The number of anilines is 1. The van der Waals surface area contributed by atoms with Crippen molar-refractivity contribution in [1.29, 1.82) is 0 Å². The van der Waals surface area contributed by atoms with Crippen molar-refractivity contribution in [3.63, 3.8) is 0 Å². The van der Waals surface area contributed by atoms with Gasteiger partial charge in [-0.3, -0.25) is 14.4 Å². The lowest BCUT2D eigenvalue weighted by molar-refractivity contribution is -0.151. The summed E-state index contributed by atoms with van der Waals surface area (Å²) in [5, 5.41) is 0. The summed E-state index contributed by atoms with van der Waals surface area (Å²) in [6.07, 6.45) is 2.19. The Labute approximate surface area is 197 Å². The van der Waals surface area contributed by atoms with E-state index in [1.807, 2.05) is 0 Å². The lowest BCUT2D eigenvalue weighted by atomic mass is 9.98. The highest BCUT2D eigenvalue weighted by atomic mass is 79.9. The summed E-state index contributed by atoms with van der Waals surface area (Å²) in [5.74, 6) is -1.36. The van der Waals surface area contributed by atoms with E-state index >= 15 is 0 Å². The van der Waals surface area contributed by atoms with Crippen LogP contribution in [0.4, 0.5) is 5.69 Å². The largest absolute Gasteiger partial charge is 0.466 e. The van der Waals surface area contributed by atoms with Crippen LogP contribution in [-0.2, 0) is 35.4 Å². The van der Waals surface area contributed by atoms with Crippen LogP contribution in [0.25, 0.3) is 0 Å². The van der Waals surface area contributed by atoms with Crippen LogP contribution in [0.15, 0.2) is 21.5 Å². The molecule has 0 bridgehead atoms. The highest BCUT2D eigenvalue weighted by molar-refractivity contribution is 9.10. The monoisotopic (exact) mass is 528 g/mol. The number of esters is 1. The first-order valence-corrected chi connectivity index (χ1v) is 13.4. The number of amides is 2. The number of benzene rings is 1. The molecule has 1 fully saturated rings. The van der Waals surface area contributed by atoms with E-state index in [9.17, 15) is 22.8 Å². The molecule has 176 valence electrons. The molecule has 1 saturated heterocycles. The minimum atomic E-state index is -3.76. The van der Waals surface area contributed by atoms with E-state index in [-0.39, 0.29) is 47.3 Å². The molecule has 0 radical (unpaired) electrons. The van der Waals surface area contributed by atoms with E-state index < -0.39 is 9.84 Å². The van der Waals surface area contributed by atoms with E-state index in [2.05, 4.69) is 15.9 Å². The van der Waals surface area contributed by atoms with Gasteiger partial charge in [0.15, 0.2) is 9.84 Å². The highest BCUT2D eigenvalue weighted by Gasteiger charge is 2.31. The lowest BCUT2D eigenvalue weighted by Gasteiger charge is -2.31. The number of likely N-dealkylation sites (tertiary alicyclic amines) is 1. The first-order chi connectivity index (χ1) is 15.2. The van der Waals surface area contributed by atoms with Crippen molar-refractivity contribution >= 4 is 49.2 Å². The average molecular weight is 529 g/mol. The number of sulfone groups is 1. The first-order valence-electron chi connectivity index (χ1n) is 11.0. The number of carbonyl (C=O) groups is 3. The van der Waals surface area contributed by atoms with Crippen molar-refractivity contribution < 1.29 is 27.5 Å². The van der Waals surface area contributed by atoms with Gasteiger partial charge in [0.05, 0.1) is 23.2 Å². The number of piperidine rings is 1. The Bertz CT molecular complexity index is 1010. The van der Waals surface area contributed by atoms with Gasteiger partial charge in [-0.25, -0.2) is 8.42 Å². The third-order valence-electron chi connectivity index (χ3n) is 5.95. The van der Waals surface area contributed by atoms with Gasteiger partial charge in [-0.1, -0.05) is 6.92 Å². The zero-order valence-electron chi connectivity index (χ0n) is 18.4. The number of hydrogen-bond acceptors (Lipinski definition) is 6. The lowest BCUT2D eigenvalue weighted by Crippen LogP contribution is -2.43. The Morgan fingerprint density at radius 1 is 1.16 bits per heavy atom. The van der Waals surface area contributed by atoms with Gasteiger partial charge in [0.2, 0.25) is 11.8 Å².